The van der Waals surface area contributed by atoms with Crippen LogP contribution in [-0.2, 0) is 0 Å². The quantitative estimate of drug-likeness (QED) is 0.892. The fourth-order valence-corrected chi connectivity index (χ4v) is 4.44. The van der Waals surface area contributed by atoms with Crippen LogP contribution >= 0.6 is 0 Å². The van der Waals surface area contributed by atoms with Gasteiger partial charge >= 0.3 is 0 Å². The van der Waals surface area contributed by atoms with Crippen molar-refractivity contribution in [2.75, 3.05) is 20.1 Å². The van der Waals surface area contributed by atoms with Crippen molar-refractivity contribution in [3.8, 4) is 0 Å². The largest absolute Gasteiger partial charge is 0.310 e. The molecule has 2 aromatic rings. The fourth-order valence-electron chi connectivity index (χ4n) is 4.44. The summed E-state index contributed by atoms with van der Waals surface area (Å²) in [6, 6.07) is 7.86. The van der Waals surface area contributed by atoms with E-state index >= 15 is 0 Å². The Bertz CT molecular complexity index is 739. The zero-order chi connectivity index (χ0) is 17.6. The van der Waals surface area contributed by atoms with E-state index in [0.29, 0.717) is 12.1 Å². The zero-order valence-electron chi connectivity index (χ0n) is 16.1. The Labute approximate surface area is 151 Å². The van der Waals surface area contributed by atoms with Gasteiger partial charge < -0.3 is 10.2 Å². The molecule has 4 heteroatoms. The van der Waals surface area contributed by atoms with Gasteiger partial charge in [0.05, 0.1) is 11.6 Å². The van der Waals surface area contributed by atoms with Crippen LogP contribution < -0.4 is 5.32 Å². The predicted molar refractivity (Wildman–Crippen MR) is 104 cm³/mol. The number of rotatable bonds is 2. The van der Waals surface area contributed by atoms with Crippen molar-refractivity contribution in [3.05, 3.63) is 30.0 Å². The van der Waals surface area contributed by atoms with Crippen molar-refractivity contribution in [3.63, 3.8) is 0 Å². The van der Waals surface area contributed by atoms with Gasteiger partial charge in [0.1, 0.15) is 0 Å². The van der Waals surface area contributed by atoms with Crippen LogP contribution in [0.5, 0.6) is 0 Å². The van der Waals surface area contributed by atoms with E-state index in [0.717, 1.165) is 30.9 Å². The Morgan fingerprint density at radius 3 is 2.76 bits per heavy atom. The van der Waals surface area contributed by atoms with Gasteiger partial charge in [-0.1, -0.05) is 19.1 Å². The van der Waals surface area contributed by atoms with E-state index in [-0.39, 0.29) is 5.54 Å². The lowest BCUT2D eigenvalue weighted by Crippen LogP contribution is -2.47. The zero-order valence-corrected chi connectivity index (χ0v) is 16.1. The molecule has 1 aromatic carbocycles. The molecular formula is C21H32N4. The fraction of sp³-hybridized carbons (Fsp3) is 0.667. The number of aromatic nitrogens is 2. The van der Waals surface area contributed by atoms with Gasteiger partial charge in [0.2, 0.25) is 0 Å². The minimum absolute atomic E-state index is 0.245. The molecule has 2 fully saturated rings. The highest BCUT2D eigenvalue weighted by atomic mass is 15.3. The Balaban J connectivity index is 1.56. The smallest absolute Gasteiger partial charge is 0.0926 e. The highest BCUT2D eigenvalue weighted by Gasteiger charge is 2.33. The molecule has 2 aliphatic rings. The number of hydrogen-bond donors (Lipinski definition) is 1. The van der Waals surface area contributed by atoms with Crippen LogP contribution in [0.4, 0.5) is 0 Å². The monoisotopic (exact) mass is 340 g/mol. The van der Waals surface area contributed by atoms with Crippen LogP contribution in [-0.4, -0.2) is 40.4 Å². The van der Waals surface area contributed by atoms with E-state index in [1.807, 2.05) is 0 Å². The second kappa shape index (κ2) is 6.40. The first kappa shape index (κ1) is 17.0. The van der Waals surface area contributed by atoms with Gasteiger partial charge in [0.15, 0.2) is 0 Å². The molecule has 4 nitrogen and oxygen atoms in total. The molecule has 25 heavy (non-hydrogen) atoms. The first-order chi connectivity index (χ1) is 11.9. The molecule has 3 atom stereocenters. The highest BCUT2D eigenvalue weighted by Crippen LogP contribution is 2.34. The summed E-state index contributed by atoms with van der Waals surface area (Å²) in [5.41, 5.74) is 2.79. The molecule has 0 spiro atoms. The first-order valence-corrected chi connectivity index (χ1v) is 9.86. The summed E-state index contributed by atoms with van der Waals surface area (Å²) in [7, 11) is 2.24. The number of fused-ring (bicyclic) bond motifs is 1. The molecule has 0 radical (unpaired) electrons. The van der Waals surface area contributed by atoms with Crippen LogP contribution in [0, 0.1) is 5.92 Å². The maximum absolute atomic E-state index is 4.97. The van der Waals surface area contributed by atoms with E-state index in [2.05, 4.69) is 67.1 Å². The van der Waals surface area contributed by atoms with Crippen molar-refractivity contribution in [1.29, 1.82) is 0 Å². The Morgan fingerprint density at radius 2 is 2.04 bits per heavy atom. The summed E-state index contributed by atoms with van der Waals surface area (Å²) >= 11 is 0. The van der Waals surface area contributed by atoms with E-state index in [9.17, 15) is 0 Å². The molecule has 2 saturated heterocycles. The van der Waals surface area contributed by atoms with Crippen LogP contribution in [0.1, 0.15) is 64.1 Å². The predicted octanol–water partition coefficient (Wildman–Crippen LogP) is 4.14. The Kier molecular flexibility index (Phi) is 4.37. The van der Waals surface area contributed by atoms with Crippen molar-refractivity contribution >= 4 is 10.9 Å². The molecule has 1 N–H and O–H groups in total. The molecule has 1 aromatic heterocycles. The average molecular weight is 341 g/mol. The van der Waals surface area contributed by atoms with Crippen molar-refractivity contribution < 1.29 is 0 Å². The van der Waals surface area contributed by atoms with E-state index in [4.69, 9.17) is 5.10 Å². The molecule has 0 bridgehead atoms. The van der Waals surface area contributed by atoms with Crippen molar-refractivity contribution in [2.24, 2.45) is 5.92 Å². The number of piperidine rings is 2. The minimum Gasteiger partial charge on any atom is -0.310 e. The van der Waals surface area contributed by atoms with Gasteiger partial charge in [-0.2, -0.15) is 5.10 Å². The molecule has 2 aliphatic heterocycles. The molecular weight excluding hydrogens is 308 g/mol. The van der Waals surface area contributed by atoms with Gasteiger partial charge in [0, 0.05) is 29.7 Å². The lowest BCUT2D eigenvalue weighted by atomic mass is 9.87. The third-order valence-corrected chi connectivity index (χ3v) is 6.55. The standard InChI is InChI=1S/C21H32N4/c1-15-5-8-19(22-13-15)16-6-7-17-14-25(23-20(17)11-16)18-9-10-24(4)21(2,3)12-18/h6-7,11,14-15,18-19,22H,5,8-10,12-13H2,1-4H3/t15-,18?,19+/m0/s1. The number of likely N-dealkylation sites (tertiary alicyclic amines) is 1. The summed E-state index contributed by atoms with van der Waals surface area (Å²) in [5, 5.41) is 9.93. The Morgan fingerprint density at radius 1 is 1.20 bits per heavy atom. The summed E-state index contributed by atoms with van der Waals surface area (Å²) in [6.07, 6.45) is 7.14. The third-order valence-electron chi connectivity index (χ3n) is 6.55. The van der Waals surface area contributed by atoms with E-state index < -0.39 is 0 Å². The van der Waals surface area contributed by atoms with Crippen molar-refractivity contribution in [1.82, 2.24) is 20.0 Å². The SMILES string of the molecule is C[C@H]1CC[C@H](c2ccc3cn(C4CCN(C)C(C)(C)C4)nc3c2)NC1. The maximum atomic E-state index is 4.97. The van der Waals surface area contributed by atoms with Crippen LogP contribution in [0.25, 0.3) is 10.9 Å². The van der Waals surface area contributed by atoms with Crippen molar-refractivity contribution in [2.45, 2.75) is 64.1 Å². The molecule has 0 saturated carbocycles. The first-order valence-electron chi connectivity index (χ1n) is 9.86. The molecule has 136 valence electrons. The lowest BCUT2D eigenvalue weighted by molar-refractivity contribution is 0.0721. The molecule has 4 rings (SSSR count). The average Bonchev–Trinajstić information content (AvgIpc) is 3.01. The molecule has 0 amide bonds. The highest BCUT2D eigenvalue weighted by molar-refractivity contribution is 5.78. The Hall–Kier alpha value is -1.39. The van der Waals surface area contributed by atoms with Gasteiger partial charge in [-0.15, -0.1) is 0 Å². The summed E-state index contributed by atoms with van der Waals surface area (Å²) in [5.74, 6) is 0.798. The van der Waals surface area contributed by atoms with Gasteiger partial charge in [-0.3, -0.25) is 4.68 Å². The topological polar surface area (TPSA) is 33.1 Å². The third kappa shape index (κ3) is 3.34. The normalized spacial score (nSPS) is 30.6. The molecule has 1 unspecified atom stereocenters. The summed E-state index contributed by atoms with van der Waals surface area (Å²) in [4.78, 5) is 2.47. The van der Waals surface area contributed by atoms with Crippen LogP contribution in [0.15, 0.2) is 24.4 Å². The van der Waals surface area contributed by atoms with Gasteiger partial charge in [0.25, 0.3) is 0 Å². The molecule has 3 heterocycles. The van der Waals surface area contributed by atoms with Crippen LogP contribution in [0.2, 0.25) is 0 Å². The van der Waals surface area contributed by atoms with Gasteiger partial charge in [-0.25, -0.2) is 0 Å². The minimum atomic E-state index is 0.245. The lowest BCUT2D eigenvalue weighted by Gasteiger charge is -2.43. The number of nitrogens with one attached hydrogen (secondary N) is 1. The number of benzene rings is 1. The van der Waals surface area contributed by atoms with E-state index in [1.165, 1.54) is 30.2 Å². The second-order valence-corrected chi connectivity index (χ2v) is 8.95. The number of hydrogen-bond acceptors (Lipinski definition) is 3. The second-order valence-electron chi connectivity index (χ2n) is 8.95. The van der Waals surface area contributed by atoms with Gasteiger partial charge in [-0.05, 0) is 70.7 Å². The summed E-state index contributed by atoms with van der Waals surface area (Å²) < 4.78 is 2.24. The molecule has 0 aliphatic carbocycles. The summed E-state index contributed by atoms with van der Waals surface area (Å²) in [6.45, 7) is 9.29. The van der Waals surface area contributed by atoms with E-state index in [1.54, 1.807) is 0 Å². The van der Waals surface area contributed by atoms with Crippen LogP contribution in [0.3, 0.4) is 0 Å². The number of nitrogens with zero attached hydrogens (tertiary/aromatic N) is 3. The maximum Gasteiger partial charge on any atom is 0.0926 e.